The fraction of sp³-hybridized carbons (Fsp3) is 0.167. The standard InChI is InChI=1S/C18H11ClF3N3O2/c1-23-11-5-10(18(21)22)6-13(7-11)27-17-14(19)3-2-9(16(17)20)4-12-8-15(26)25-24-12/h2-3,5-7,18H,4,8H2,(H,25,26). The monoisotopic (exact) mass is 393 g/mol. The summed E-state index contributed by atoms with van der Waals surface area (Å²) in [4.78, 5) is 14.3. The Morgan fingerprint density at radius 2 is 2.11 bits per heavy atom. The van der Waals surface area contributed by atoms with Gasteiger partial charge in [-0.1, -0.05) is 17.7 Å². The van der Waals surface area contributed by atoms with Gasteiger partial charge < -0.3 is 4.74 Å². The molecule has 0 saturated heterocycles. The lowest BCUT2D eigenvalue weighted by Gasteiger charge is -2.13. The van der Waals surface area contributed by atoms with Crippen molar-refractivity contribution in [2.45, 2.75) is 19.3 Å². The Morgan fingerprint density at radius 3 is 2.74 bits per heavy atom. The molecule has 0 bridgehead atoms. The molecule has 0 radical (unpaired) electrons. The molecule has 1 N–H and O–H groups in total. The molecule has 2 aromatic carbocycles. The Bertz CT molecular complexity index is 987. The van der Waals surface area contributed by atoms with Crippen LogP contribution < -0.4 is 10.2 Å². The van der Waals surface area contributed by atoms with Gasteiger partial charge in [0, 0.05) is 12.0 Å². The van der Waals surface area contributed by atoms with Crippen LogP contribution in [0.3, 0.4) is 0 Å². The number of amides is 1. The number of nitrogens with zero attached hydrogens (tertiary/aromatic N) is 2. The van der Waals surface area contributed by atoms with E-state index in [9.17, 15) is 18.0 Å². The van der Waals surface area contributed by atoms with Gasteiger partial charge in [0.15, 0.2) is 17.3 Å². The lowest BCUT2D eigenvalue weighted by atomic mass is 10.1. The summed E-state index contributed by atoms with van der Waals surface area (Å²) >= 11 is 6.00. The van der Waals surface area contributed by atoms with Crippen LogP contribution in [0.1, 0.15) is 24.0 Å². The topological polar surface area (TPSA) is 55.0 Å². The number of hydrogen-bond acceptors (Lipinski definition) is 3. The summed E-state index contributed by atoms with van der Waals surface area (Å²) in [5, 5.41) is 3.74. The van der Waals surface area contributed by atoms with Crippen molar-refractivity contribution in [2.24, 2.45) is 5.10 Å². The zero-order valence-corrected chi connectivity index (χ0v) is 14.4. The normalized spacial score (nSPS) is 13.3. The first-order valence-electron chi connectivity index (χ1n) is 7.67. The van der Waals surface area contributed by atoms with Crippen LogP contribution in [-0.2, 0) is 11.2 Å². The van der Waals surface area contributed by atoms with Crippen molar-refractivity contribution in [3.8, 4) is 11.5 Å². The molecular weight excluding hydrogens is 383 g/mol. The van der Waals surface area contributed by atoms with Gasteiger partial charge in [-0.25, -0.2) is 23.4 Å². The third-order valence-corrected chi connectivity index (χ3v) is 4.04. The van der Waals surface area contributed by atoms with E-state index in [1.165, 1.54) is 18.2 Å². The SMILES string of the molecule is [C-]#[N+]c1cc(Oc2c(Cl)ccc(CC3=NNC(=O)C3)c2F)cc(C(F)F)c1. The lowest BCUT2D eigenvalue weighted by molar-refractivity contribution is -0.119. The van der Waals surface area contributed by atoms with Crippen LogP contribution in [0.2, 0.25) is 5.02 Å². The number of benzene rings is 2. The number of halogens is 4. The molecule has 0 atom stereocenters. The summed E-state index contributed by atoms with van der Waals surface area (Å²) in [6.07, 6.45) is -2.70. The summed E-state index contributed by atoms with van der Waals surface area (Å²) in [5.74, 6) is -1.57. The van der Waals surface area contributed by atoms with Crippen LogP contribution in [0.25, 0.3) is 4.85 Å². The maximum Gasteiger partial charge on any atom is 0.262 e. The molecule has 138 valence electrons. The Balaban J connectivity index is 1.93. The van der Waals surface area contributed by atoms with Crippen LogP contribution in [-0.4, -0.2) is 11.6 Å². The van der Waals surface area contributed by atoms with Crippen molar-refractivity contribution in [2.75, 3.05) is 0 Å². The summed E-state index contributed by atoms with van der Waals surface area (Å²) in [5.41, 5.74) is 2.41. The van der Waals surface area contributed by atoms with Crippen molar-refractivity contribution in [1.29, 1.82) is 0 Å². The summed E-state index contributed by atoms with van der Waals surface area (Å²) in [6.45, 7) is 7.00. The molecule has 1 aliphatic heterocycles. The second-order valence-corrected chi connectivity index (χ2v) is 6.10. The van der Waals surface area contributed by atoms with Gasteiger partial charge in [-0.15, -0.1) is 0 Å². The molecule has 0 aromatic heterocycles. The number of carbonyl (C=O) groups excluding carboxylic acids is 1. The van der Waals surface area contributed by atoms with E-state index >= 15 is 0 Å². The Labute approximate surface area is 157 Å². The minimum Gasteiger partial charge on any atom is -0.454 e. The average molecular weight is 394 g/mol. The third-order valence-electron chi connectivity index (χ3n) is 3.74. The number of alkyl halides is 2. The fourth-order valence-corrected chi connectivity index (χ4v) is 2.69. The van der Waals surface area contributed by atoms with E-state index in [2.05, 4.69) is 15.4 Å². The first kappa shape index (κ1) is 18.7. The molecule has 0 aliphatic carbocycles. The molecule has 1 amide bonds. The van der Waals surface area contributed by atoms with Gasteiger partial charge >= 0.3 is 0 Å². The molecule has 1 heterocycles. The summed E-state index contributed by atoms with van der Waals surface area (Å²) < 4.78 is 46.2. The number of hydrogen-bond donors (Lipinski definition) is 1. The molecule has 0 spiro atoms. The second kappa shape index (κ2) is 7.68. The van der Waals surface area contributed by atoms with Crippen LogP contribution >= 0.6 is 11.6 Å². The number of rotatable bonds is 5. The highest BCUT2D eigenvalue weighted by Crippen LogP contribution is 2.37. The third kappa shape index (κ3) is 4.20. The number of hydrazone groups is 1. The molecule has 5 nitrogen and oxygen atoms in total. The molecular formula is C18H11ClF3N3O2. The van der Waals surface area contributed by atoms with Crippen LogP contribution in [0.5, 0.6) is 11.5 Å². The van der Waals surface area contributed by atoms with Gasteiger partial charge in [0.05, 0.1) is 23.7 Å². The summed E-state index contributed by atoms with van der Waals surface area (Å²) in [6, 6.07) is 6.08. The zero-order valence-electron chi connectivity index (χ0n) is 13.6. The molecule has 0 saturated carbocycles. The molecule has 0 unspecified atom stereocenters. The van der Waals surface area contributed by atoms with Crippen molar-refractivity contribution >= 4 is 28.9 Å². The largest absolute Gasteiger partial charge is 0.454 e. The van der Waals surface area contributed by atoms with Crippen molar-refractivity contribution in [1.82, 2.24) is 5.43 Å². The van der Waals surface area contributed by atoms with E-state index in [1.54, 1.807) is 0 Å². The highest BCUT2D eigenvalue weighted by atomic mass is 35.5. The number of ether oxygens (including phenoxy) is 1. The lowest BCUT2D eigenvalue weighted by Crippen LogP contribution is -2.09. The number of carbonyl (C=O) groups is 1. The van der Waals surface area contributed by atoms with Crippen molar-refractivity contribution in [3.63, 3.8) is 0 Å². The molecule has 9 heteroatoms. The van der Waals surface area contributed by atoms with Crippen LogP contribution in [0, 0.1) is 12.4 Å². The van der Waals surface area contributed by atoms with E-state index in [4.69, 9.17) is 22.9 Å². The van der Waals surface area contributed by atoms with Gasteiger partial charge in [0.2, 0.25) is 5.91 Å². The number of nitrogens with one attached hydrogen (secondary N) is 1. The minimum atomic E-state index is -2.81. The first-order chi connectivity index (χ1) is 12.9. The predicted octanol–water partition coefficient (Wildman–Crippen LogP) is 5.18. The quantitative estimate of drug-likeness (QED) is 0.712. The Morgan fingerprint density at radius 1 is 1.33 bits per heavy atom. The smallest absolute Gasteiger partial charge is 0.262 e. The van der Waals surface area contributed by atoms with E-state index in [0.717, 1.165) is 12.1 Å². The fourth-order valence-electron chi connectivity index (χ4n) is 2.50. The second-order valence-electron chi connectivity index (χ2n) is 5.69. The zero-order chi connectivity index (χ0) is 19.6. The highest BCUT2D eigenvalue weighted by molar-refractivity contribution is 6.32. The van der Waals surface area contributed by atoms with E-state index in [0.29, 0.717) is 5.71 Å². The van der Waals surface area contributed by atoms with Gasteiger partial charge in [-0.2, -0.15) is 5.10 Å². The first-order valence-corrected chi connectivity index (χ1v) is 8.04. The highest BCUT2D eigenvalue weighted by Gasteiger charge is 2.21. The van der Waals surface area contributed by atoms with Gasteiger partial charge in [0.1, 0.15) is 5.75 Å². The predicted molar refractivity (Wildman–Crippen MR) is 93.0 cm³/mol. The molecule has 2 aromatic rings. The van der Waals surface area contributed by atoms with Gasteiger partial charge in [-0.3, -0.25) is 4.79 Å². The molecule has 3 rings (SSSR count). The van der Waals surface area contributed by atoms with E-state index in [1.807, 2.05) is 0 Å². The minimum absolute atomic E-state index is 0.0580. The molecule has 27 heavy (non-hydrogen) atoms. The van der Waals surface area contributed by atoms with Crippen molar-refractivity contribution in [3.05, 3.63) is 63.7 Å². The summed E-state index contributed by atoms with van der Waals surface area (Å²) in [7, 11) is 0. The van der Waals surface area contributed by atoms with Crippen LogP contribution in [0.15, 0.2) is 35.4 Å². The molecule has 1 aliphatic rings. The van der Waals surface area contributed by atoms with Gasteiger partial charge in [0.25, 0.3) is 6.43 Å². The van der Waals surface area contributed by atoms with Crippen molar-refractivity contribution < 1.29 is 22.7 Å². The maximum absolute atomic E-state index is 14.8. The molecule has 0 fully saturated rings. The van der Waals surface area contributed by atoms with Crippen LogP contribution in [0.4, 0.5) is 18.9 Å². The Kier molecular flexibility index (Phi) is 5.33. The van der Waals surface area contributed by atoms with E-state index in [-0.39, 0.29) is 46.5 Å². The average Bonchev–Trinajstić information content (AvgIpc) is 3.05. The maximum atomic E-state index is 14.8. The van der Waals surface area contributed by atoms with Gasteiger partial charge in [-0.05, 0) is 29.8 Å². The Hall–Kier alpha value is -3.05. The van der Waals surface area contributed by atoms with E-state index < -0.39 is 17.8 Å².